The maximum Gasteiger partial charge on any atom is 0.243 e. The highest BCUT2D eigenvalue weighted by molar-refractivity contribution is 7.89. The molecule has 11 heteroatoms. The highest BCUT2D eigenvalue weighted by Gasteiger charge is 2.35. The van der Waals surface area contributed by atoms with Crippen LogP contribution >= 0.6 is 0 Å². The van der Waals surface area contributed by atoms with Crippen LogP contribution in [0.2, 0.25) is 0 Å². The first-order valence-electron chi connectivity index (χ1n) is 12.3. The number of carbonyl (C=O) groups is 1. The first-order valence-corrected chi connectivity index (χ1v) is 13.7. The molecule has 2 saturated heterocycles. The highest BCUT2D eigenvalue weighted by atomic mass is 32.2. The molecule has 1 amide bonds. The van der Waals surface area contributed by atoms with Crippen LogP contribution in [0, 0.1) is 6.92 Å². The molecular weight excluding hydrogens is 468 g/mol. The Hall–Kier alpha value is -2.76. The second kappa shape index (κ2) is 8.72. The molecule has 0 spiro atoms. The van der Waals surface area contributed by atoms with Crippen molar-refractivity contribution < 1.29 is 17.9 Å². The molecule has 0 bridgehead atoms. The number of piperazine rings is 1. The molecule has 2 fully saturated rings. The number of hydrogen-bond acceptors (Lipinski definition) is 8. The third-order valence-corrected chi connectivity index (χ3v) is 9.25. The van der Waals surface area contributed by atoms with Crippen LogP contribution in [0.1, 0.15) is 23.4 Å². The lowest BCUT2D eigenvalue weighted by atomic mass is 10.00. The normalized spacial score (nSPS) is 20.9. The van der Waals surface area contributed by atoms with Crippen molar-refractivity contribution in [2.24, 2.45) is 0 Å². The van der Waals surface area contributed by atoms with Crippen LogP contribution in [0.25, 0.3) is 0 Å². The molecule has 0 N–H and O–H groups in total. The molecule has 1 aromatic heterocycles. The number of hydrogen-bond donors (Lipinski definition) is 0. The number of amides is 1. The summed E-state index contributed by atoms with van der Waals surface area (Å²) in [6.45, 7) is 7.45. The Balaban J connectivity index is 1.19. The van der Waals surface area contributed by atoms with Gasteiger partial charge in [0.15, 0.2) is 0 Å². The Labute approximate surface area is 205 Å². The molecule has 0 radical (unpaired) electrons. The van der Waals surface area contributed by atoms with Crippen LogP contribution in [0.4, 0.5) is 17.3 Å². The molecule has 0 unspecified atom stereocenters. The second-order valence-electron chi connectivity index (χ2n) is 9.51. The number of aromatic nitrogens is 2. The van der Waals surface area contributed by atoms with Gasteiger partial charge in [-0.2, -0.15) is 4.31 Å². The highest BCUT2D eigenvalue weighted by Crippen LogP contribution is 2.39. The fourth-order valence-corrected chi connectivity index (χ4v) is 7.06. The Kier molecular flexibility index (Phi) is 5.65. The molecule has 5 heterocycles. The molecule has 4 aliphatic heterocycles. The predicted molar refractivity (Wildman–Crippen MR) is 132 cm³/mol. The van der Waals surface area contributed by atoms with E-state index in [1.165, 1.54) is 0 Å². The Morgan fingerprint density at radius 2 is 1.43 bits per heavy atom. The van der Waals surface area contributed by atoms with Crippen molar-refractivity contribution in [1.29, 1.82) is 0 Å². The van der Waals surface area contributed by atoms with E-state index in [9.17, 15) is 13.2 Å². The lowest BCUT2D eigenvalue weighted by molar-refractivity contribution is -0.118. The van der Waals surface area contributed by atoms with E-state index in [1.54, 1.807) is 16.4 Å². The Morgan fingerprint density at radius 3 is 2.11 bits per heavy atom. The molecule has 186 valence electrons. The van der Waals surface area contributed by atoms with Gasteiger partial charge in [-0.1, -0.05) is 0 Å². The summed E-state index contributed by atoms with van der Waals surface area (Å²) in [5, 5.41) is 0. The number of rotatable bonds is 4. The Morgan fingerprint density at radius 1 is 0.800 bits per heavy atom. The van der Waals surface area contributed by atoms with Crippen LogP contribution in [-0.2, 0) is 32.4 Å². The summed E-state index contributed by atoms with van der Waals surface area (Å²) < 4.78 is 34.2. The van der Waals surface area contributed by atoms with E-state index in [2.05, 4.69) is 19.8 Å². The molecule has 35 heavy (non-hydrogen) atoms. The van der Waals surface area contributed by atoms with Crippen LogP contribution in [0.5, 0.6) is 0 Å². The maximum absolute atomic E-state index is 13.6. The van der Waals surface area contributed by atoms with Gasteiger partial charge in [0, 0.05) is 58.3 Å². The molecule has 0 saturated carbocycles. The van der Waals surface area contributed by atoms with Crippen LogP contribution in [-0.4, -0.2) is 87.6 Å². The zero-order valence-electron chi connectivity index (χ0n) is 19.9. The van der Waals surface area contributed by atoms with Gasteiger partial charge < -0.3 is 19.4 Å². The monoisotopic (exact) mass is 498 g/mol. The SMILES string of the molecule is Cc1nc(N2CCOCC2)cc(N2CCN(S(=O)(=O)c3cc4c5c(c3)CCN5C(=O)CC4)CC2)n1. The summed E-state index contributed by atoms with van der Waals surface area (Å²) in [6, 6.07) is 5.57. The number of ether oxygens (including phenoxy) is 1. The quantitative estimate of drug-likeness (QED) is 0.615. The summed E-state index contributed by atoms with van der Waals surface area (Å²) in [7, 11) is -3.61. The molecule has 2 aromatic rings. The zero-order valence-corrected chi connectivity index (χ0v) is 20.8. The van der Waals surface area contributed by atoms with E-state index in [0.29, 0.717) is 75.9 Å². The van der Waals surface area contributed by atoms with E-state index in [-0.39, 0.29) is 5.91 Å². The van der Waals surface area contributed by atoms with Gasteiger partial charge in [0.05, 0.1) is 23.8 Å². The Bertz CT molecular complexity index is 1270. The van der Waals surface area contributed by atoms with Crippen molar-refractivity contribution in [2.45, 2.75) is 31.1 Å². The fourth-order valence-electron chi connectivity index (χ4n) is 5.53. The molecular formula is C24H30N6O4S. The minimum Gasteiger partial charge on any atom is -0.378 e. The smallest absolute Gasteiger partial charge is 0.243 e. The van der Waals surface area contributed by atoms with Crippen LogP contribution in [0.15, 0.2) is 23.1 Å². The van der Waals surface area contributed by atoms with Gasteiger partial charge in [0.1, 0.15) is 17.5 Å². The van der Waals surface area contributed by atoms with E-state index >= 15 is 0 Å². The van der Waals surface area contributed by atoms with Crippen molar-refractivity contribution in [3.8, 4) is 0 Å². The largest absolute Gasteiger partial charge is 0.378 e. The van der Waals surface area contributed by atoms with Gasteiger partial charge >= 0.3 is 0 Å². The van der Waals surface area contributed by atoms with Gasteiger partial charge in [0.25, 0.3) is 0 Å². The van der Waals surface area contributed by atoms with Gasteiger partial charge in [0.2, 0.25) is 15.9 Å². The van der Waals surface area contributed by atoms with Gasteiger partial charge in [-0.05, 0) is 43.0 Å². The summed E-state index contributed by atoms with van der Waals surface area (Å²) in [5.74, 6) is 2.58. The average molecular weight is 499 g/mol. The predicted octanol–water partition coefficient (Wildman–Crippen LogP) is 0.968. The van der Waals surface area contributed by atoms with Crippen molar-refractivity contribution in [3.05, 3.63) is 35.2 Å². The number of nitrogens with zero attached hydrogens (tertiary/aromatic N) is 6. The molecule has 10 nitrogen and oxygen atoms in total. The van der Waals surface area contributed by atoms with E-state index in [0.717, 1.165) is 41.5 Å². The summed E-state index contributed by atoms with van der Waals surface area (Å²) >= 11 is 0. The number of morpholine rings is 1. The second-order valence-corrected chi connectivity index (χ2v) is 11.4. The third-order valence-electron chi connectivity index (χ3n) is 7.37. The number of anilines is 3. The number of sulfonamides is 1. The lowest BCUT2D eigenvalue weighted by Gasteiger charge is -2.35. The van der Waals surface area contributed by atoms with Gasteiger partial charge in [-0.25, -0.2) is 18.4 Å². The molecule has 1 aromatic carbocycles. The fraction of sp³-hybridized carbons (Fsp3) is 0.542. The van der Waals surface area contributed by atoms with Crippen molar-refractivity contribution in [3.63, 3.8) is 0 Å². The lowest BCUT2D eigenvalue weighted by Crippen LogP contribution is -2.49. The summed E-state index contributed by atoms with van der Waals surface area (Å²) in [4.78, 5) is 28.0. The molecule has 0 aliphatic carbocycles. The molecule has 0 atom stereocenters. The van der Waals surface area contributed by atoms with Gasteiger partial charge in [-0.3, -0.25) is 4.79 Å². The first-order chi connectivity index (χ1) is 16.9. The van der Waals surface area contributed by atoms with Gasteiger partial charge in [-0.15, -0.1) is 0 Å². The summed E-state index contributed by atoms with van der Waals surface area (Å²) in [6.07, 6.45) is 1.76. The number of aryl methyl sites for hydroxylation is 2. The molecule has 6 rings (SSSR count). The first kappa shape index (κ1) is 22.7. The van der Waals surface area contributed by atoms with Crippen LogP contribution < -0.4 is 14.7 Å². The summed E-state index contributed by atoms with van der Waals surface area (Å²) in [5.41, 5.74) is 2.89. The standard InChI is InChI=1S/C24H30N6O4S/c1-17-25-21(16-22(26-17)28-10-12-34-13-11-28)27-6-8-29(9-7-27)35(32,33)20-14-18-2-3-23(31)30-5-4-19(15-20)24(18)30/h14-16H,2-13H2,1H3. The van der Waals surface area contributed by atoms with Crippen molar-refractivity contribution >= 4 is 33.3 Å². The number of carbonyl (C=O) groups excluding carboxylic acids is 1. The van der Waals surface area contributed by atoms with E-state index in [1.807, 2.05) is 17.9 Å². The third kappa shape index (κ3) is 4.05. The zero-order chi connectivity index (χ0) is 24.2. The maximum atomic E-state index is 13.6. The average Bonchev–Trinajstić information content (AvgIpc) is 3.32. The minimum atomic E-state index is -3.61. The van der Waals surface area contributed by atoms with Crippen molar-refractivity contribution in [1.82, 2.24) is 14.3 Å². The van der Waals surface area contributed by atoms with Crippen LogP contribution in [0.3, 0.4) is 0 Å². The number of benzene rings is 1. The van der Waals surface area contributed by atoms with Crippen molar-refractivity contribution in [2.75, 3.05) is 73.7 Å². The molecule has 4 aliphatic rings. The topological polar surface area (TPSA) is 99.2 Å². The minimum absolute atomic E-state index is 0.139. The van der Waals surface area contributed by atoms with E-state index < -0.39 is 10.0 Å². The van der Waals surface area contributed by atoms with E-state index in [4.69, 9.17) is 4.74 Å².